The number of phenolic OH excluding ortho intramolecular Hbond substituents is 2. The molecule has 7 N–H and O–H groups in total. The molecule has 62 heavy (non-hydrogen) atoms. The van der Waals surface area contributed by atoms with Crippen LogP contribution in [0.3, 0.4) is 0 Å². The van der Waals surface area contributed by atoms with Crippen LogP contribution in [0.2, 0.25) is 0 Å². The molecule has 1 saturated heterocycles. The van der Waals surface area contributed by atoms with Gasteiger partial charge in [-0.25, -0.2) is 0 Å². The number of phenols is 2. The van der Waals surface area contributed by atoms with Crippen molar-refractivity contribution >= 4 is 16.6 Å². The van der Waals surface area contributed by atoms with Gasteiger partial charge in [-0.3, -0.25) is 0 Å². The number of aliphatic hydroxyl groups excluding tert-OH is 2. The second-order valence-electron chi connectivity index (χ2n) is 17.9. The van der Waals surface area contributed by atoms with Gasteiger partial charge in [-0.1, -0.05) is 67.8 Å². The van der Waals surface area contributed by atoms with Crippen LogP contribution in [0.15, 0.2) is 103 Å². The Hall–Kier alpha value is -5.10. The second-order valence-corrected chi connectivity index (χ2v) is 17.9. The first-order valence-electron chi connectivity index (χ1n) is 22.7. The number of hydrogen-bond donors (Lipinski definition) is 6. The molecule has 9 rings (SSSR count). The maximum Gasteiger partial charge on any atom is 0.161 e. The Morgan fingerprint density at radius 2 is 1.71 bits per heavy atom. The maximum atomic E-state index is 11.5. The quantitative estimate of drug-likeness (QED) is 0.0806. The number of dihydropyridines is 1. The van der Waals surface area contributed by atoms with Gasteiger partial charge in [0.2, 0.25) is 0 Å². The molecule has 4 aliphatic rings. The lowest BCUT2D eigenvalue weighted by molar-refractivity contribution is 0.00498. The highest BCUT2D eigenvalue weighted by Crippen LogP contribution is 2.52. The zero-order valence-corrected chi connectivity index (χ0v) is 35.6. The number of aromatic nitrogens is 1. The Balaban J connectivity index is 1.07. The minimum absolute atomic E-state index is 0.0273. The third-order valence-corrected chi connectivity index (χ3v) is 13.9. The minimum Gasteiger partial charge on any atom is -0.508 e. The molecule has 10 heteroatoms. The van der Waals surface area contributed by atoms with Crippen LogP contribution in [0.5, 0.6) is 17.2 Å². The molecule has 1 aliphatic carbocycles. The number of aliphatic hydroxyl groups is 2. The van der Waals surface area contributed by atoms with Crippen LogP contribution in [0.1, 0.15) is 96.7 Å². The summed E-state index contributed by atoms with van der Waals surface area (Å²) in [4.78, 5) is 0. The van der Waals surface area contributed by atoms with E-state index in [0.717, 1.165) is 91.1 Å². The zero-order valence-electron chi connectivity index (χ0n) is 35.6. The summed E-state index contributed by atoms with van der Waals surface area (Å²) in [6.45, 7) is 1.72. The van der Waals surface area contributed by atoms with E-state index in [1.807, 2.05) is 24.3 Å². The Bertz CT molecular complexity index is 2420. The lowest BCUT2D eigenvalue weighted by atomic mass is 9.57. The van der Waals surface area contributed by atoms with Crippen LogP contribution in [-0.4, -0.2) is 63.2 Å². The average Bonchev–Trinajstić information content (AvgIpc) is 3.73. The van der Waals surface area contributed by atoms with Crippen LogP contribution < -0.4 is 15.8 Å². The van der Waals surface area contributed by atoms with Crippen LogP contribution in [0, 0.1) is 5.92 Å². The number of nitrogens with one attached hydrogen (secondary N) is 1. The zero-order chi connectivity index (χ0) is 42.6. The maximum absolute atomic E-state index is 11.5. The van der Waals surface area contributed by atoms with Crippen molar-refractivity contribution in [2.45, 2.75) is 114 Å². The summed E-state index contributed by atoms with van der Waals surface area (Å²) in [5.41, 5.74) is 15.0. The van der Waals surface area contributed by atoms with Crippen LogP contribution >= 0.6 is 0 Å². The fourth-order valence-electron chi connectivity index (χ4n) is 10.6. The summed E-state index contributed by atoms with van der Waals surface area (Å²) < 4.78 is 21.6. The van der Waals surface area contributed by atoms with E-state index in [-0.39, 0.29) is 42.4 Å². The molecule has 5 unspecified atom stereocenters. The van der Waals surface area contributed by atoms with Crippen molar-refractivity contribution in [2.24, 2.45) is 11.7 Å². The Morgan fingerprint density at radius 1 is 0.871 bits per heavy atom. The first-order chi connectivity index (χ1) is 30.3. The van der Waals surface area contributed by atoms with Crippen molar-refractivity contribution in [3.63, 3.8) is 0 Å². The van der Waals surface area contributed by atoms with Crippen LogP contribution in [0.4, 0.5) is 0 Å². The number of hydrogen-bond acceptors (Lipinski definition) is 9. The molecule has 0 saturated carbocycles. The van der Waals surface area contributed by atoms with Crippen molar-refractivity contribution in [1.82, 2.24) is 9.88 Å². The van der Waals surface area contributed by atoms with Gasteiger partial charge in [0.25, 0.3) is 0 Å². The molecule has 0 radical (unpaired) electrons. The number of aromatic hydroxyl groups is 2. The number of aryl methyl sites for hydroxylation is 3. The number of ether oxygens (including phenoxy) is 3. The van der Waals surface area contributed by atoms with E-state index in [1.165, 1.54) is 22.3 Å². The summed E-state index contributed by atoms with van der Waals surface area (Å²) in [5.74, 6) is 1.79. The predicted octanol–water partition coefficient (Wildman–Crippen LogP) is 8.28. The molecule has 3 aliphatic heterocycles. The monoisotopic (exact) mass is 839 g/mol. The van der Waals surface area contributed by atoms with E-state index in [0.29, 0.717) is 56.3 Å². The molecule has 326 valence electrons. The van der Waals surface area contributed by atoms with E-state index >= 15 is 0 Å². The van der Waals surface area contributed by atoms with Gasteiger partial charge in [-0.15, -0.1) is 0 Å². The fourth-order valence-corrected chi connectivity index (χ4v) is 10.6. The summed E-state index contributed by atoms with van der Waals surface area (Å²) in [6, 6.07) is 24.5. The first kappa shape index (κ1) is 42.2. The van der Waals surface area contributed by atoms with E-state index in [9.17, 15) is 20.4 Å². The Morgan fingerprint density at radius 3 is 2.58 bits per heavy atom. The molecule has 10 nitrogen and oxygen atoms in total. The number of rotatable bonds is 9. The number of benzene rings is 4. The standard InChI is InChI=1S/C52H61N3O7/c53-50-20-15-37-31-61-45(9-4-2-1-3-7-34-11-17-43(57)18-12-34)27-44(58)19-14-36-26-49(48(59)25-39(36)30-56)62-32-40-24-42(23-38-28-55(29-46(38)40)51(37)54-50)52-21-22-60-33-41(52)16-13-35-8-5-6-10-47(35)52/h5-6,8,10-12,15,17-18,20,23-26,28-29,41,44-45,50,54,56-59H,1-4,7,9,13-14,16,19,21-22,27,30-33,53H2. The number of unbranched alkanes of at least 4 members (excludes halogenated alkanes) is 3. The molecule has 4 heterocycles. The minimum atomic E-state index is -0.638. The van der Waals surface area contributed by atoms with Crippen LogP contribution in [0.25, 0.3) is 16.6 Å². The van der Waals surface area contributed by atoms with Gasteiger partial charge in [0.15, 0.2) is 11.5 Å². The lowest BCUT2D eigenvalue weighted by Crippen LogP contribution is -2.47. The van der Waals surface area contributed by atoms with Gasteiger partial charge >= 0.3 is 0 Å². The average molecular weight is 840 g/mol. The molecule has 4 aromatic carbocycles. The normalized spacial score (nSPS) is 24.0. The van der Waals surface area contributed by atoms with Gasteiger partial charge in [0.05, 0.1) is 38.2 Å². The SMILES string of the molecule is NC1C=CC2=C(N1)n1cc3cc(C45CCOCC4CCc4ccccc45)cc(c3c1)COc1cc(c(CO)cc1O)CCC(O)CC(CCCCCCc1ccc(O)cc1)OC2. The van der Waals surface area contributed by atoms with Gasteiger partial charge in [0, 0.05) is 40.8 Å². The predicted molar refractivity (Wildman–Crippen MR) is 242 cm³/mol. The topological polar surface area (TPSA) is 152 Å². The van der Waals surface area contributed by atoms with Crippen molar-refractivity contribution < 1.29 is 34.6 Å². The molecule has 5 atom stereocenters. The van der Waals surface area contributed by atoms with Gasteiger partial charge in [-0.05, 0) is 139 Å². The summed E-state index contributed by atoms with van der Waals surface area (Å²) >= 11 is 0. The highest BCUT2D eigenvalue weighted by atomic mass is 16.5. The van der Waals surface area contributed by atoms with E-state index < -0.39 is 6.10 Å². The van der Waals surface area contributed by atoms with Gasteiger partial charge < -0.3 is 50.3 Å². The molecule has 4 bridgehead atoms. The molecule has 1 aromatic heterocycles. The molecular formula is C52H61N3O7. The molecule has 1 fully saturated rings. The number of fused-ring (bicyclic) bond motifs is 7. The third kappa shape index (κ3) is 8.90. The van der Waals surface area contributed by atoms with E-state index in [1.54, 1.807) is 18.2 Å². The molecular weight excluding hydrogens is 779 g/mol. The summed E-state index contributed by atoms with van der Waals surface area (Å²) in [6.07, 6.45) is 17.5. The molecule has 0 amide bonds. The number of nitrogens with zero attached hydrogens (tertiary/aromatic N) is 1. The van der Waals surface area contributed by atoms with Crippen molar-refractivity contribution in [3.05, 3.63) is 142 Å². The Kier molecular flexibility index (Phi) is 12.7. The highest BCUT2D eigenvalue weighted by molar-refractivity contribution is 5.88. The van der Waals surface area contributed by atoms with Crippen LogP contribution in [-0.2, 0) is 47.4 Å². The lowest BCUT2D eigenvalue weighted by Gasteiger charge is -2.49. The summed E-state index contributed by atoms with van der Waals surface area (Å²) in [5, 5.41) is 48.3. The van der Waals surface area contributed by atoms with Gasteiger partial charge in [-0.2, -0.15) is 0 Å². The number of nitrogens with two attached hydrogens (primary N) is 1. The molecule has 5 aromatic rings. The smallest absolute Gasteiger partial charge is 0.161 e. The van der Waals surface area contributed by atoms with Crippen molar-refractivity contribution in [2.75, 3.05) is 19.8 Å². The van der Waals surface area contributed by atoms with Crippen molar-refractivity contribution in [1.29, 1.82) is 0 Å². The fraction of sp³-hybridized carbons (Fsp3) is 0.423. The van der Waals surface area contributed by atoms with E-state index in [4.69, 9.17) is 19.9 Å². The van der Waals surface area contributed by atoms with Gasteiger partial charge in [0.1, 0.15) is 18.2 Å². The van der Waals surface area contributed by atoms with E-state index in [2.05, 4.69) is 64.8 Å². The summed E-state index contributed by atoms with van der Waals surface area (Å²) in [7, 11) is 0. The first-order valence-corrected chi connectivity index (χ1v) is 22.7. The Labute approximate surface area is 364 Å². The molecule has 0 spiro atoms. The highest BCUT2D eigenvalue weighted by Gasteiger charge is 2.47. The van der Waals surface area contributed by atoms with Crippen molar-refractivity contribution in [3.8, 4) is 17.2 Å². The second kappa shape index (κ2) is 18.7. The largest absolute Gasteiger partial charge is 0.508 e. The third-order valence-electron chi connectivity index (χ3n) is 13.9.